The van der Waals surface area contributed by atoms with Crippen LogP contribution < -0.4 is 5.32 Å². The van der Waals surface area contributed by atoms with Crippen molar-refractivity contribution >= 4 is 23.5 Å². The molecule has 1 N–H and O–H groups in total. The molecule has 0 aliphatic carbocycles. The third kappa shape index (κ3) is 5.51. The molecule has 2 aromatic carbocycles. The number of halogens is 1. The standard InChI is InChI=1S/C21H21FN4O2S/c1-14-3-5-16(6-4-14)19(28)13-29-21-25-24-20(11-12-23-15(2)27)26(21)18-9-7-17(22)8-10-18/h3-10H,11-13H2,1-2H3,(H,23,27). The summed E-state index contributed by atoms with van der Waals surface area (Å²) in [4.78, 5) is 23.6. The molecule has 150 valence electrons. The van der Waals surface area contributed by atoms with Gasteiger partial charge in [-0.2, -0.15) is 0 Å². The third-order valence-corrected chi connectivity index (χ3v) is 5.14. The van der Waals surface area contributed by atoms with Gasteiger partial charge in [-0.25, -0.2) is 4.39 Å². The molecule has 0 spiro atoms. The molecule has 1 amide bonds. The SMILES string of the molecule is CC(=O)NCCc1nnc(SCC(=O)c2ccc(C)cc2)n1-c1ccc(F)cc1. The van der Waals surface area contributed by atoms with Crippen molar-refractivity contribution in [1.29, 1.82) is 0 Å². The van der Waals surface area contributed by atoms with Gasteiger partial charge in [0.2, 0.25) is 5.91 Å². The fraction of sp³-hybridized carbons (Fsp3) is 0.238. The lowest BCUT2D eigenvalue weighted by Crippen LogP contribution is -2.23. The summed E-state index contributed by atoms with van der Waals surface area (Å²) in [5.41, 5.74) is 2.43. The van der Waals surface area contributed by atoms with Gasteiger partial charge in [-0.05, 0) is 31.2 Å². The molecule has 29 heavy (non-hydrogen) atoms. The van der Waals surface area contributed by atoms with E-state index < -0.39 is 0 Å². The summed E-state index contributed by atoms with van der Waals surface area (Å²) in [6.45, 7) is 3.82. The van der Waals surface area contributed by atoms with Crippen LogP contribution in [0, 0.1) is 12.7 Å². The topological polar surface area (TPSA) is 76.9 Å². The Bertz CT molecular complexity index is 1000. The van der Waals surface area contributed by atoms with Gasteiger partial charge in [0.1, 0.15) is 11.6 Å². The number of nitrogens with one attached hydrogen (secondary N) is 1. The minimum atomic E-state index is -0.342. The molecule has 0 saturated heterocycles. The summed E-state index contributed by atoms with van der Waals surface area (Å²) in [5.74, 6) is 0.342. The van der Waals surface area contributed by atoms with Crippen molar-refractivity contribution in [1.82, 2.24) is 20.1 Å². The van der Waals surface area contributed by atoms with Crippen molar-refractivity contribution in [3.8, 4) is 5.69 Å². The monoisotopic (exact) mass is 412 g/mol. The maximum atomic E-state index is 13.4. The van der Waals surface area contributed by atoms with Crippen LogP contribution in [0.2, 0.25) is 0 Å². The van der Waals surface area contributed by atoms with Gasteiger partial charge in [0, 0.05) is 31.1 Å². The Labute approximate surface area is 172 Å². The summed E-state index contributed by atoms with van der Waals surface area (Å²) in [6, 6.07) is 13.4. The van der Waals surface area contributed by atoms with E-state index in [0.717, 1.165) is 5.56 Å². The van der Waals surface area contributed by atoms with Crippen LogP contribution in [-0.2, 0) is 11.2 Å². The van der Waals surface area contributed by atoms with E-state index >= 15 is 0 Å². The Balaban J connectivity index is 1.80. The van der Waals surface area contributed by atoms with Crippen LogP contribution in [0.5, 0.6) is 0 Å². The smallest absolute Gasteiger partial charge is 0.216 e. The molecule has 1 aromatic heterocycles. The number of hydrogen-bond donors (Lipinski definition) is 1. The molecular weight excluding hydrogens is 391 g/mol. The van der Waals surface area contributed by atoms with Crippen molar-refractivity contribution in [3.05, 3.63) is 71.3 Å². The van der Waals surface area contributed by atoms with Gasteiger partial charge in [0.05, 0.1) is 5.75 Å². The average molecular weight is 412 g/mol. The Kier molecular flexibility index (Phi) is 6.77. The summed E-state index contributed by atoms with van der Waals surface area (Å²) in [6.07, 6.45) is 0.455. The lowest BCUT2D eigenvalue weighted by Gasteiger charge is -2.10. The number of benzene rings is 2. The fourth-order valence-corrected chi connectivity index (χ4v) is 3.57. The van der Waals surface area contributed by atoms with Crippen molar-refractivity contribution in [2.24, 2.45) is 0 Å². The number of thioether (sulfide) groups is 1. The molecule has 1 heterocycles. The Hall–Kier alpha value is -3.00. The van der Waals surface area contributed by atoms with E-state index in [-0.39, 0.29) is 23.3 Å². The minimum absolute atomic E-state index is 0.0107. The lowest BCUT2D eigenvalue weighted by molar-refractivity contribution is -0.118. The van der Waals surface area contributed by atoms with E-state index in [1.807, 2.05) is 31.2 Å². The Morgan fingerprint density at radius 3 is 2.41 bits per heavy atom. The van der Waals surface area contributed by atoms with Crippen LogP contribution in [0.25, 0.3) is 5.69 Å². The van der Waals surface area contributed by atoms with Gasteiger partial charge in [0.15, 0.2) is 10.9 Å². The summed E-state index contributed by atoms with van der Waals surface area (Å²) < 4.78 is 15.1. The number of aromatic nitrogens is 3. The number of ketones is 1. The zero-order valence-corrected chi connectivity index (χ0v) is 17.0. The van der Waals surface area contributed by atoms with Gasteiger partial charge in [-0.1, -0.05) is 41.6 Å². The normalized spacial score (nSPS) is 10.7. The summed E-state index contributed by atoms with van der Waals surface area (Å²) in [7, 11) is 0. The Morgan fingerprint density at radius 2 is 1.76 bits per heavy atom. The van der Waals surface area contributed by atoms with Crippen LogP contribution in [0.3, 0.4) is 0 Å². The number of rotatable bonds is 8. The molecule has 0 bridgehead atoms. The predicted molar refractivity (Wildman–Crippen MR) is 110 cm³/mol. The second-order valence-electron chi connectivity index (χ2n) is 6.52. The highest BCUT2D eigenvalue weighted by molar-refractivity contribution is 7.99. The molecule has 3 aromatic rings. The van der Waals surface area contributed by atoms with Crippen LogP contribution in [0.1, 0.15) is 28.7 Å². The van der Waals surface area contributed by atoms with Gasteiger partial charge in [-0.15, -0.1) is 10.2 Å². The van der Waals surface area contributed by atoms with E-state index in [4.69, 9.17) is 0 Å². The quantitative estimate of drug-likeness (QED) is 0.453. The maximum Gasteiger partial charge on any atom is 0.216 e. The van der Waals surface area contributed by atoms with Gasteiger partial charge >= 0.3 is 0 Å². The first-order valence-electron chi connectivity index (χ1n) is 9.11. The molecule has 0 aliphatic heterocycles. The Morgan fingerprint density at radius 1 is 1.07 bits per heavy atom. The second-order valence-corrected chi connectivity index (χ2v) is 7.46. The van der Waals surface area contributed by atoms with Crippen molar-refractivity contribution in [2.45, 2.75) is 25.4 Å². The molecule has 6 nitrogen and oxygen atoms in total. The summed E-state index contributed by atoms with van der Waals surface area (Å²) >= 11 is 1.27. The number of carbonyl (C=O) groups is 2. The van der Waals surface area contributed by atoms with E-state index in [1.165, 1.54) is 30.8 Å². The van der Waals surface area contributed by atoms with E-state index in [0.29, 0.717) is 35.2 Å². The highest BCUT2D eigenvalue weighted by atomic mass is 32.2. The molecule has 0 radical (unpaired) electrons. The van der Waals surface area contributed by atoms with Crippen LogP contribution in [0.4, 0.5) is 4.39 Å². The van der Waals surface area contributed by atoms with E-state index in [1.54, 1.807) is 16.7 Å². The zero-order valence-electron chi connectivity index (χ0n) is 16.2. The number of carbonyl (C=O) groups excluding carboxylic acids is 2. The highest BCUT2D eigenvalue weighted by Crippen LogP contribution is 2.23. The number of amides is 1. The average Bonchev–Trinajstić information content (AvgIpc) is 3.10. The van der Waals surface area contributed by atoms with Crippen molar-refractivity contribution in [3.63, 3.8) is 0 Å². The maximum absolute atomic E-state index is 13.4. The first-order chi connectivity index (χ1) is 13.9. The predicted octanol–water partition coefficient (Wildman–Crippen LogP) is 3.37. The molecule has 0 saturated carbocycles. The van der Waals surface area contributed by atoms with Gasteiger partial charge < -0.3 is 5.32 Å². The lowest BCUT2D eigenvalue weighted by atomic mass is 10.1. The second kappa shape index (κ2) is 9.47. The molecule has 0 aliphatic rings. The largest absolute Gasteiger partial charge is 0.356 e. The van der Waals surface area contributed by atoms with Gasteiger partial charge in [0.25, 0.3) is 0 Å². The first kappa shape index (κ1) is 20.7. The number of Topliss-reactive ketones (excluding diaryl/α,β-unsaturated/α-hetero) is 1. The third-order valence-electron chi connectivity index (χ3n) is 4.21. The number of nitrogens with zero attached hydrogens (tertiary/aromatic N) is 3. The van der Waals surface area contributed by atoms with E-state index in [2.05, 4.69) is 15.5 Å². The van der Waals surface area contributed by atoms with Gasteiger partial charge in [-0.3, -0.25) is 14.2 Å². The van der Waals surface area contributed by atoms with Crippen molar-refractivity contribution < 1.29 is 14.0 Å². The van der Waals surface area contributed by atoms with E-state index in [9.17, 15) is 14.0 Å². The molecule has 0 atom stereocenters. The molecule has 3 rings (SSSR count). The molecular formula is C21H21FN4O2S. The van der Waals surface area contributed by atoms with Crippen LogP contribution >= 0.6 is 11.8 Å². The van der Waals surface area contributed by atoms with Crippen molar-refractivity contribution in [2.75, 3.05) is 12.3 Å². The van der Waals surface area contributed by atoms with Crippen LogP contribution in [-0.4, -0.2) is 38.8 Å². The number of hydrogen-bond acceptors (Lipinski definition) is 5. The first-order valence-corrected chi connectivity index (χ1v) is 10.1. The summed E-state index contributed by atoms with van der Waals surface area (Å²) in [5, 5.41) is 11.7. The fourth-order valence-electron chi connectivity index (χ4n) is 2.71. The number of aryl methyl sites for hydroxylation is 1. The van der Waals surface area contributed by atoms with Crippen LogP contribution in [0.15, 0.2) is 53.7 Å². The highest BCUT2D eigenvalue weighted by Gasteiger charge is 2.16. The molecule has 0 fully saturated rings. The minimum Gasteiger partial charge on any atom is -0.356 e. The zero-order chi connectivity index (χ0) is 20.8. The molecule has 0 unspecified atom stereocenters. The molecule has 8 heteroatoms.